The first kappa shape index (κ1) is 13.2. The summed E-state index contributed by atoms with van der Waals surface area (Å²) in [6.45, 7) is 2.80. The topological polar surface area (TPSA) is 84.9 Å². The highest BCUT2D eigenvalue weighted by Gasteiger charge is 2.16. The van der Waals surface area contributed by atoms with E-state index in [0.717, 1.165) is 5.56 Å². The van der Waals surface area contributed by atoms with Crippen molar-refractivity contribution in [3.8, 4) is 11.5 Å². The van der Waals surface area contributed by atoms with Gasteiger partial charge in [-0.15, -0.1) is 0 Å². The van der Waals surface area contributed by atoms with Gasteiger partial charge in [-0.2, -0.15) is 0 Å². The zero-order chi connectivity index (χ0) is 13.8. The molecule has 0 aliphatic carbocycles. The van der Waals surface area contributed by atoms with Crippen molar-refractivity contribution >= 4 is 11.9 Å². The Hall–Kier alpha value is -2.24. The fourth-order valence-corrected chi connectivity index (χ4v) is 1.84. The minimum absolute atomic E-state index is 0.289. The lowest BCUT2D eigenvalue weighted by atomic mass is 10.1. The van der Waals surface area contributed by atoms with Crippen LogP contribution in [0.25, 0.3) is 0 Å². The van der Waals surface area contributed by atoms with Gasteiger partial charge in [0.1, 0.15) is 19.6 Å². The summed E-state index contributed by atoms with van der Waals surface area (Å²) < 4.78 is 10.9. The van der Waals surface area contributed by atoms with Crippen molar-refractivity contribution in [3.63, 3.8) is 0 Å². The minimum atomic E-state index is -1.15. The third-order valence-electron chi connectivity index (χ3n) is 2.76. The van der Waals surface area contributed by atoms with Crippen molar-refractivity contribution in [1.29, 1.82) is 0 Å². The van der Waals surface area contributed by atoms with Gasteiger partial charge in [0.05, 0.1) is 6.04 Å². The molecule has 1 unspecified atom stereocenters. The van der Waals surface area contributed by atoms with E-state index in [1.54, 1.807) is 19.1 Å². The van der Waals surface area contributed by atoms with Gasteiger partial charge in [0.25, 0.3) is 0 Å². The van der Waals surface area contributed by atoms with E-state index in [0.29, 0.717) is 24.7 Å². The summed E-state index contributed by atoms with van der Waals surface area (Å²) in [5, 5.41) is 11.1. The third-order valence-corrected chi connectivity index (χ3v) is 2.76. The molecule has 1 atom stereocenters. The summed E-state index contributed by atoms with van der Waals surface area (Å²) in [5.74, 6) is -0.344. The van der Waals surface area contributed by atoms with Gasteiger partial charge in [-0.05, 0) is 24.6 Å². The molecule has 6 heteroatoms. The fraction of sp³-hybridized carbons (Fsp3) is 0.385. The second-order valence-electron chi connectivity index (χ2n) is 4.26. The number of hydrogen-bond acceptors (Lipinski definition) is 4. The first-order valence-corrected chi connectivity index (χ1v) is 5.97. The molecule has 1 aromatic rings. The maximum atomic E-state index is 11.4. The van der Waals surface area contributed by atoms with Crippen LogP contribution in [-0.4, -0.2) is 30.2 Å². The van der Waals surface area contributed by atoms with Gasteiger partial charge in [0, 0.05) is 0 Å². The highest BCUT2D eigenvalue weighted by atomic mass is 16.6. The molecular weight excluding hydrogens is 250 g/mol. The molecule has 0 aromatic heterocycles. The van der Waals surface area contributed by atoms with Crippen LogP contribution in [0.5, 0.6) is 11.5 Å². The largest absolute Gasteiger partial charge is 0.486 e. The number of benzene rings is 1. The van der Waals surface area contributed by atoms with Crippen LogP contribution in [-0.2, 0) is 9.59 Å². The van der Waals surface area contributed by atoms with Gasteiger partial charge in [-0.1, -0.05) is 6.07 Å². The van der Waals surface area contributed by atoms with Gasteiger partial charge in [-0.25, -0.2) is 0 Å². The van der Waals surface area contributed by atoms with Crippen molar-refractivity contribution in [1.82, 2.24) is 5.32 Å². The Kier molecular flexibility index (Phi) is 3.89. The van der Waals surface area contributed by atoms with Crippen LogP contribution in [0.2, 0.25) is 0 Å². The first-order chi connectivity index (χ1) is 9.06. The van der Waals surface area contributed by atoms with Crippen LogP contribution < -0.4 is 14.8 Å². The molecule has 0 bridgehead atoms. The molecule has 0 saturated carbocycles. The maximum absolute atomic E-state index is 11.4. The minimum Gasteiger partial charge on any atom is -0.486 e. The number of ether oxygens (including phenoxy) is 2. The van der Waals surface area contributed by atoms with E-state index in [9.17, 15) is 9.59 Å². The van der Waals surface area contributed by atoms with Gasteiger partial charge >= 0.3 is 5.97 Å². The van der Waals surface area contributed by atoms with E-state index in [-0.39, 0.29) is 6.04 Å². The molecule has 0 spiro atoms. The van der Waals surface area contributed by atoms with E-state index in [1.165, 1.54) is 0 Å². The number of carboxylic acid groups (broad SMARTS) is 1. The average molecular weight is 265 g/mol. The summed E-state index contributed by atoms with van der Waals surface area (Å²) >= 11 is 0. The van der Waals surface area contributed by atoms with Crippen LogP contribution >= 0.6 is 0 Å². The zero-order valence-corrected chi connectivity index (χ0v) is 10.5. The van der Waals surface area contributed by atoms with Crippen LogP contribution in [0, 0.1) is 0 Å². The second-order valence-corrected chi connectivity index (χ2v) is 4.26. The smallest absolute Gasteiger partial charge is 0.312 e. The molecule has 1 heterocycles. The number of fused-ring (bicyclic) bond motifs is 1. The summed E-state index contributed by atoms with van der Waals surface area (Å²) in [7, 11) is 0. The number of amides is 1. The van der Waals surface area contributed by atoms with Crippen molar-refractivity contribution in [3.05, 3.63) is 23.8 Å². The predicted octanol–water partition coefficient (Wildman–Crippen LogP) is 1.11. The van der Waals surface area contributed by atoms with Crippen molar-refractivity contribution in [2.75, 3.05) is 13.2 Å². The van der Waals surface area contributed by atoms with Gasteiger partial charge in [0.2, 0.25) is 5.91 Å². The Morgan fingerprint density at radius 3 is 2.68 bits per heavy atom. The van der Waals surface area contributed by atoms with Crippen molar-refractivity contribution in [2.24, 2.45) is 0 Å². The quantitative estimate of drug-likeness (QED) is 0.796. The molecule has 1 aromatic carbocycles. The van der Waals surface area contributed by atoms with Gasteiger partial charge in [-0.3, -0.25) is 9.59 Å². The van der Waals surface area contributed by atoms with Crippen molar-refractivity contribution < 1.29 is 24.2 Å². The number of carbonyl (C=O) groups excluding carboxylic acids is 1. The first-order valence-electron chi connectivity index (χ1n) is 5.97. The number of aliphatic carboxylic acids is 1. The van der Waals surface area contributed by atoms with E-state index >= 15 is 0 Å². The lowest BCUT2D eigenvalue weighted by Crippen LogP contribution is -2.28. The summed E-state index contributed by atoms with van der Waals surface area (Å²) in [6.07, 6.45) is -0.533. The van der Waals surface area contributed by atoms with Crippen LogP contribution in [0.15, 0.2) is 18.2 Å². The molecule has 1 amide bonds. The molecule has 1 aliphatic rings. The van der Waals surface area contributed by atoms with E-state index in [2.05, 4.69) is 5.32 Å². The Morgan fingerprint density at radius 2 is 2.00 bits per heavy atom. The lowest BCUT2D eigenvalue weighted by molar-refractivity contribution is -0.140. The summed E-state index contributed by atoms with van der Waals surface area (Å²) in [5.41, 5.74) is 0.836. The van der Waals surface area contributed by atoms with E-state index in [4.69, 9.17) is 14.6 Å². The average Bonchev–Trinajstić information content (AvgIpc) is 2.37. The number of carbonyl (C=O) groups is 2. The maximum Gasteiger partial charge on any atom is 0.312 e. The summed E-state index contributed by atoms with van der Waals surface area (Å²) in [4.78, 5) is 21.8. The lowest BCUT2D eigenvalue weighted by Gasteiger charge is -2.21. The molecule has 102 valence electrons. The predicted molar refractivity (Wildman–Crippen MR) is 66.2 cm³/mol. The molecule has 0 saturated heterocycles. The number of carboxylic acids is 1. The SMILES string of the molecule is CC(NC(=O)CC(=O)O)c1ccc2c(c1)OCCO2. The molecule has 1 aliphatic heterocycles. The van der Waals surface area contributed by atoms with E-state index < -0.39 is 18.3 Å². The Bertz CT molecular complexity index is 500. The number of hydrogen-bond donors (Lipinski definition) is 2. The Morgan fingerprint density at radius 1 is 1.32 bits per heavy atom. The second kappa shape index (κ2) is 5.60. The van der Waals surface area contributed by atoms with E-state index in [1.807, 2.05) is 6.07 Å². The molecule has 2 N–H and O–H groups in total. The molecular formula is C13H15NO5. The van der Waals surface area contributed by atoms with Crippen LogP contribution in [0.3, 0.4) is 0 Å². The molecule has 19 heavy (non-hydrogen) atoms. The highest BCUT2D eigenvalue weighted by molar-refractivity contribution is 5.93. The van der Waals surface area contributed by atoms with Gasteiger partial charge in [0.15, 0.2) is 11.5 Å². The molecule has 2 rings (SSSR count). The fourth-order valence-electron chi connectivity index (χ4n) is 1.84. The van der Waals surface area contributed by atoms with Crippen molar-refractivity contribution in [2.45, 2.75) is 19.4 Å². The molecule has 0 fully saturated rings. The highest BCUT2D eigenvalue weighted by Crippen LogP contribution is 2.32. The molecule has 6 nitrogen and oxygen atoms in total. The Labute approximate surface area is 110 Å². The van der Waals surface area contributed by atoms with Crippen LogP contribution in [0.4, 0.5) is 0 Å². The molecule has 0 radical (unpaired) electrons. The zero-order valence-electron chi connectivity index (χ0n) is 10.5. The Balaban J connectivity index is 2.04. The number of rotatable bonds is 4. The third kappa shape index (κ3) is 3.37. The van der Waals surface area contributed by atoms with Gasteiger partial charge < -0.3 is 19.9 Å². The monoisotopic (exact) mass is 265 g/mol. The van der Waals surface area contributed by atoms with Crippen LogP contribution in [0.1, 0.15) is 24.9 Å². The normalized spacial score (nSPS) is 14.6. The number of nitrogens with one attached hydrogen (secondary N) is 1. The standard InChI is InChI=1S/C13H15NO5/c1-8(14-12(15)7-13(16)17)9-2-3-10-11(6-9)19-5-4-18-10/h2-3,6,8H,4-5,7H2,1H3,(H,14,15)(H,16,17). The summed E-state index contributed by atoms with van der Waals surface area (Å²) in [6, 6.07) is 5.10.